The molecule has 0 radical (unpaired) electrons. The number of H-pyrrole nitrogens is 2. The summed E-state index contributed by atoms with van der Waals surface area (Å²) in [6.45, 7) is 3.71. The molecule has 4 rings (SSSR count). The molecule has 8 N–H and O–H groups in total. The molecule has 0 aliphatic carbocycles. The Hall–Kier alpha value is -4.97. The van der Waals surface area contributed by atoms with Crippen LogP contribution < -0.4 is 21.7 Å². The van der Waals surface area contributed by atoms with E-state index < -0.39 is 47.9 Å². The zero-order valence-electron chi connectivity index (χ0n) is 24.7. The summed E-state index contributed by atoms with van der Waals surface area (Å²) < 4.78 is 0. The number of amides is 3. The van der Waals surface area contributed by atoms with Crippen molar-refractivity contribution in [1.82, 2.24) is 30.9 Å². The number of hydrogen-bond acceptors (Lipinski definition) is 6. The molecule has 5 atom stereocenters. The van der Waals surface area contributed by atoms with Gasteiger partial charge >= 0.3 is 5.97 Å². The molecule has 0 aliphatic heterocycles. The summed E-state index contributed by atoms with van der Waals surface area (Å²) in [6, 6.07) is 12.2. The van der Waals surface area contributed by atoms with Crippen molar-refractivity contribution in [3.63, 3.8) is 0 Å². The van der Waals surface area contributed by atoms with Crippen molar-refractivity contribution in [1.29, 1.82) is 0 Å². The Morgan fingerprint density at radius 2 is 1.57 bits per heavy atom. The van der Waals surface area contributed by atoms with Gasteiger partial charge in [0, 0.05) is 48.3 Å². The molecule has 2 aromatic heterocycles. The summed E-state index contributed by atoms with van der Waals surface area (Å²) in [5.41, 5.74) is 9.16. The summed E-state index contributed by atoms with van der Waals surface area (Å²) in [7, 11) is 0. The zero-order chi connectivity index (χ0) is 31.6. The zero-order valence-corrected chi connectivity index (χ0v) is 24.7. The Kier molecular flexibility index (Phi) is 10.9. The lowest BCUT2D eigenvalue weighted by Crippen LogP contribution is -2.59. The van der Waals surface area contributed by atoms with Crippen molar-refractivity contribution in [2.75, 3.05) is 0 Å². The summed E-state index contributed by atoms with van der Waals surface area (Å²) in [4.78, 5) is 62.6. The monoisotopic (exact) mass is 601 g/mol. The molecule has 12 nitrogen and oxygen atoms in total. The number of nitrogens with two attached hydrogens (primary N) is 1. The number of nitrogens with one attached hydrogen (secondary N) is 5. The van der Waals surface area contributed by atoms with E-state index in [1.165, 1.54) is 6.33 Å². The number of imidazole rings is 1. The number of carboxylic acid groups (broad SMARTS) is 1. The average Bonchev–Trinajstić information content (AvgIpc) is 3.69. The van der Waals surface area contributed by atoms with Crippen LogP contribution in [-0.4, -0.2) is 67.9 Å². The fourth-order valence-electron chi connectivity index (χ4n) is 5.00. The lowest BCUT2D eigenvalue weighted by atomic mass is 9.96. The molecule has 5 unspecified atom stereocenters. The molecule has 0 fully saturated rings. The van der Waals surface area contributed by atoms with E-state index >= 15 is 0 Å². The molecule has 3 amide bonds. The number of hydrogen-bond donors (Lipinski definition) is 7. The minimum absolute atomic E-state index is 0.0649. The number of carbonyl (C=O) groups excluding carboxylic acids is 3. The SMILES string of the molecule is CCC(C)C(NC(=O)C(N)Cc1cnc[nH]1)C(=O)NC(Cc1c[nH]c2ccccc12)C(=O)NC(Cc1ccccc1)C(=O)O. The van der Waals surface area contributed by atoms with Gasteiger partial charge in [0.15, 0.2) is 0 Å². The highest BCUT2D eigenvalue weighted by Crippen LogP contribution is 2.20. The third-order valence-electron chi connectivity index (χ3n) is 7.75. The lowest BCUT2D eigenvalue weighted by molar-refractivity contribution is -0.142. The van der Waals surface area contributed by atoms with Gasteiger partial charge in [-0.25, -0.2) is 9.78 Å². The van der Waals surface area contributed by atoms with Gasteiger partial charge in [-0.05, 0) is 23.1 Å². The van der Waals surface area contributed by atoms with Gasteiger partial charge in [-0.15, -0.1) is 0 Å². The molecule has 0 bridgehead atoms. The first-order valence-electron chi connectivity index (χ1n) is 14.6. The van der Waals surface area contributed by atoms with Gasteiger partial charge in [0.2, 0.25) is 17.7 Å². The maximum Gasteiger partial charge on any atom is 0.326 e. The normalized spacial score (nSPS) is 14.6. The van der Waals surface area contributed by atoms with E-state index in [2.05, 4.69) is 30.9 Å². The summed E-state index contributed by atoms with van der Waals surface area (Å²) >= 11 is 0. The minimum atomic E-state index is -1.22. The van der Waals surface area contributed by atoms with E-state index in [4.69, 9.17) is 5.73 Å². The Bertz CT molecular complexity index is 1550. The van der Waals surface area contributed by atoms with Crippen LogP contribution in [0.4, 0.5) is 0 Å². The molecule has 0 saturated carbocycles. The molecule has 2 aromatic carbocycles. The fraction of sp³-hybridized carbons (Fsp3) is 0.344. The smallest absolute Gasteiger partial charge is 0.326 e. The Morgan fingerprint density at radius 1 is 0.864 bits per heavy atom. The average molecular weight is 602 g/mol. The second kappa shape index (κ2) is 15.0. The van der Waals surface area contributed by atoms with Crippen LogP contribution in [0.25, 0.3) is 10.9 Å². The quantitative estimate of drug-likeness (QED) is 0.108. The molecule has 0 spiro atoms. The standard InChI is InChI=1S/C32H39N7O5/c1-3-19(2)28(39-29(40)24(33)15-22-17-34-18-36-22)31(42)37-26(14-21-16-35-25-12-8-7-11-23(21)25)30(41)38-27(32(43)44)13-20-9-5-4-6-10-20/h4-12,16-19,24,26-28,35H,3,13-15,33H2,1-2H3,(H,34,36)(H,37,42)(H,38,41)(H,39,40)(H,43,44). The van der Waals surface area contributed by atoms with E-state index in [1.54, 1.807) is 36.7 Å². The third kappa shape index (κ3) is 8.32. The first kappa shape index (κ1) is 32.0. The maximum absolute atomic E-state index is 13.7. The Morgan fingerprint density at radius 3 is 2.25 bits per heavy atom. The van der Waals surface area contributed by atoms with Crippen LogP contribution in [0, 0.1) is 5.92 Å². The third-order valence-corrected chi connectivity index (χ3v) is 7.75. The van der Waals surface area contributed by atoms with Gasteiger partial charge in [0.1, 0.15) is 18.1 Å². The van der Waals surface area contributed by atoms with Crippen LogP contribution in [-0.2, 0) is 38.4 Å². The predicted octanol–water partition coefficient (Wildman–Crippen LogP) is 1.83. The molecule has 2 heterocycles. The van der Waals surface area contributed by atoms with Crippen LogP contribution in [0.1, 0.15) is 37.1 Å². The minimum Gasteiger partial charge on any atom is -0.480 e. The van der Waals surface area contributed by atoms with Gasteiger partial charge in [0.25, 0.3) is 0 Å². The highest BCUT2D eigenvalue weighted by Gasteiger charge is 2.33. The van der Waals surface area contributed by atoms with E-state index in [-0.39, 0.29) is 25.2 Å². The molecule has 0 saturated heterocycles. The first-order chi connectivity index (χ1) is 21.2. The maximum atomic E-state index is 13.7. The number of benzene rings is 2. The van der Waals surface area contributed by atoms with Gasteiger partial charge in [-0.1, -0.05) is 68.8 Å². The van der Waals surface area contributed by atoms with E-state index in [0.29, 0.717) is 12.1 Å². The molecule has 4 aromatic rings. The van der Waals surface area contributed by atoms with Crippen LogP contribution in [0.2, 0.25) is 0 Å². The summed E-state index contributed by atoms with van der Waals surface area (Å²) in [5, 5.41) is 19.0. The van der Waals surface area contributed by atoms with E-state index in [0.717, 1.165) is 22.0 Å². The molecule has 12 heteroatoms. The van der Waals surface area contributed by atoms with Crippen molar-refractivity contribution in [3.05, 3.63) is 90.1 Å². The van der Waals surface area contributed by atoms with Crippen molar-refractivity contribution in [2.45, 2.75) is 63.7 Å². The highest BCUT2D eigenvalue weighted by molar-refractivity contribution is 5.95. The van der Waals surface area contributed by atoms with Gasteiger partial charge < -0.3 is 36.8 Å². The van der Waals surface area contributed by atoms with E-state index in [9.17, 15) is 24.3 Å². The van der Waals surface area contributed by atoms with Gasteiger partial charge in [-0.3, -0.25) is 14.4 Å². The Labute approximate surface area is 255 Å². The topological polar surface area (TPSA) is 195 Å². The fourth-order valence-corrected chi connectivity index (χ4v) is 5.00. The van der Waals surface area contributed by atoms with Crippen LogP contribution >= 0.6 is 0 Å². The predicted molar refractivity (Wildman–Crippen MR) is 165 cm³/mol. The Balaban J connectivity index is 1.55. The molecular formula is C32H39N7O5. The van der Waals surface area contributed by atoms with Crippen molar-refractivity contribution in [3.8, 4) is 0 Å². The lowest BCUT2D eigenvalue weighted by Gasteiger charge is -2.28. The van der Waals surface area contributed by atoms with Crippen molar-refractivity contribution >= 4 is 34.6 Å². The number of nitrogens with zero attached hydrogens (tertiary/aromatic N) is 1. The number of para-hydroxylation sites is 1. The largest absolute Gasteiger partial charge is 0.480 e. The van der Waals surface area contributed by atoms with Gasteiger partial charge in [-0.2, -0.15) is 0 Å². The number of fused-ring (bicyclic) bond motifs is 1. The first-order valence-corrected chi connectivity index (χ1v) is 14.6. The highest BCUT2D eigenvalue weighted by atomic mass is 16.4. The molecule has 44 heavy (non-hydrogen) atoms. The number of aromatic nitrogens is 3. The summed E-state index contributed by atoms with van der Waals surface area (Å²) in [6.07, 6.45) is 5.73. The van der Waals surface area contributed by atoms with Crippen LogP contribution in [0.15, 0.2) is 73.3 Å². The van der Waals surface area contributed by atoms with E-state index in [1.807, 2.05) is 44.2 Å². The number of rotatable bonds is 15. The van der Waals surface area contributed by atoms with Crippen molar-refractivity contribution in [2.24, 2.45) is 11.7 Å². The van der Waals surface area contributed by atoms with Gasteiger partial charge in [0.05, 0.1) is 12.4 Å². The molecule has 232 valence electrons. The number of aromatic amines is 2. The molecular weight excluding hydrogens is 562 g/mol. The second-order valence-electron chi connectivity index (χ2n) is 11.0. The molecule has 0 aliphatic rings. The number of aliphatic carboxylic acids is 1. The second-order valence-corrected chi connectivity index (χ2v) is 11.0. The van der Waals surface area contributed by atoms with Crippen LogP contribution in [0.5, 0.6) is 0 Å². The van der Waals surface area contributed by atoms with Crippen molar-refractivity contribution < 1.29 is 24.3 Å². The number of carbonyl (C=O) groups is 4. The number of carboxylic acids is 1. The summed E-state index contributed by atoms with van der Waals surface area (Å²) in [5.74, 6) is -3.24. The van der Waals surface area contributed by atoms with Crippen LogP contribution in [0.3, 0.4) is 0 Å².